The number of rotatable bonds is 6. The molecule has 30 heavy (non-hydrogen) atoms. The van der Waals surface area contributed by atoms with Crippen LogP contribution in [0, 0.1) is 0 Å². The van der Waals surface area contributed by atoms with Crippen molar-refractivity contribution in [1.29, 1.82) is 0 Å². The van der Waals surface area contributed by atoms with Crippen LogP contribution in [0.25, 0.3) is 10.6 Å². The maximum atomic E-state index is 12.9. The van der Waals surface area contributed by atoms with E-state index in [1.54, 1.807) is 5.38 Å². The van der Waals surface area contributed by atoms with Gasteiger partial charge in [0, 0.05) is 43.2 Å². The number of hydrogen-bond donors (Lipinski definition) is 0. The summed E-state index contributed by atoms with van der Waals surface area (Å²) >= 11 is 1.43. The lowest BCUT2D eigenvalue weighted by molar-refractivity contribution is 0.0402. The Morgan fingerprint density at radius 3 is 2.77 bits per heavy atom. The second-order valence-corrected chi connectivity index (χ2v) is 8.34. The normalized spacial score (nSPS) is 16.4. The van der Waals surface area contributed by atoms with Crippen molar-refractivity contribution >= 4 is 23.2 Å². The molecule has 1 saturated heterocycles. The predicted molar refractivity (Wildman–Crippen MR) is 117 cm³/mol. The van der Waals surface area contributed by atoms with Gasteiger partial charge in [-0.15, -0.1) is 11.3 Å². The second kappa shape index (κ2) is 9.26. The Morgan fingerprint density at radius 2 is 2.00 bits per heavy atom. The van der Waals surface area contributed by atoms with Gasteiger partial charge in [0.05, 0.1) is 6.61 Å². The van der Waals surface area contributed by atoms with E-state index in [4.69, 9.17) is 4.74 Å². The van der Waals surface area contributed by atoms with Crippen LogP contribution >= 0.6 is 11.3 Å². The molecule has 0 aliphatic carbocycles. The van der Waals surface area contributed by atoms with Gasteiger partial charge in [-0.05, 0) is 31.4 Å². The van der Waals surface area contributed by atoms with Crippen LogP contribution < -0.4 is 0 Å². The molecule has 1 fully saturated rings. The van der Waals surface area contributed by atoms with Gasteiger partial charge in [0.15, 0.2) is 5.69 Å². The first-order chi connectivity index (χ1) is 14.6. The highest BCUT2D eigenvalue weighted by molar-refractivity contribution is 7.13. The molecule has 1 atom stereocenters. The van der Waals surface area contributed by atoms with Gasteiger partial charge in [-0.3, -0.25) is 4.79 Å². The van der Waals surface area contributed by atoms with Crippen LogP contribution in [-0.2, 0) is 11.8 Å². The van der Waals surface area contributed by atoms with E-state index in [-0.39, 0.29) is 18.6 Å². The molecule has 0 bridgehead atoms. The van der Waals surface area contributed by atoms with Crippen molar-refractivity contribution in [2.45, 2.75) is 31.7 Å². The van der Waals surface area contributed by atoms with Gasteiger partial charge >= 0.3 is 5.97 Å². The minimum absolute atomic E-state index is 0.0468. The maximum absolute atomic E-state index is 12.9. The molecule has 1 amide bonds. The molecular formula is C23H25N3O3S. The standard InChI is InChI=1S/C23H25N3O3S/c1-25-13-7-11-20(25)22(27)26-14-6-5-10-18(26)12-15-29-23(28)19-16-30-21(24-19)17-8-3-2-4-9-17/h2-4,7-9,11,13,16,18H,5-6,10,12,14-15H2,1H3. The van der Waals surface area contributed by atoms with Gasteiger partial charge in [-0.25, -0.2) is 9.78 Å². The molecule has 0 N–H and O–H groups in total. The number of nitrogens with zero attached hydrogens (tertiary/aromatic N) is 3. The molecular weight excluding hydrogens is 398 g/mol. The van der Waals surface area contributed by atoms with E-state index in [9.17, 15) is 9.59 Å². The van der Waals surface area contributed by atoms with Crippen LogP contribution in [-0.4, -0.2) is 45.5 Å². The van der Waals surface area contributed by atoms with Crippen molar-refractivity contribution < 1.29 is 14.3 Å². The smallest absolute Gasteiger partial charge is 0.357 e. The summed E-state index contributed by atoms with van der Waals surface area (Å²) in [5.74, 6) is -0.366. The molecule has 1 aliphatic heterocycles. The summed E-state index contributed by atoms with van der Waals surface area (Å²) in [5, 5.41) is 2.53. The minimum atomic E-state index is -0.412. The number of piperidine rings is 1. The third kappa shape index (κ3) is 4.46. The molecule has 1 unspecified atom stereocenters. The first kappa shape index (κ1) is 20.3. The van der Waals surface area contributed by atoms with Crippen LogP contribution in [0.1, 0.15) is 46.7 Å². The number of likely N-dealkylation sites (tertiary alicyclic amines) is 1. The highest BCUT2D eigenvalue weighted by atomic mass is 32.1. The largest absolute Gasteiger partial charge is 0.461 e. The lowest BCUT2D eigenvalue weighted by Gasteiger charge is -2.35. The first-order valence-corrected chi connectivity index (χ1v) is 11.1. The Balaban J connectivity index is 1.34. The number of hydrogen-bond acceptors (Lipinski definition) is 5. The fourth-order valence-electron chi connectivity index (χ4n) is 3.84. The molecule has 1 aliphatic rings. The van der Waals surface area contributed by atoms with Gasteiger partial charge in [-0.1, -0.05) is 30.3 Å². The van der Waals surface area contributed by atoms with Crippen LogP contribution in [0.15, 0.2) is 54.0 Å². The van der Waals surface area contributed by atoms with E-state index in [0.29, 0.717) is 17.8 Å². The topological polar surface area (TPSA) is 64.4 Å². The number of aromatic nitrogens is 2. The summed E-state index contributed by atoms with van der Waals surface area (Å²) < 4.78 is 7.33. The molecule has 3 heterocycles. The number of aryl methyl sites for hydroxylation is 1. The number of thiazole rings is 1. The Bertz CT molecular complexity index is 1010. The van der Waals surface area contributed by atoms with Crippen molar-refractivity contribution in [3.05, 3.63) is 65.4 Å². The van der Waals surface area contributed by atoms with Crippen LogP contribution in [0.4, 0.5) is 0 Å². The van der Waals surface area contributed by atoms with E-state index < -0.39 is 5.97 Å². The maximum Gasteiger partial charge on any atom is 0.357 e. The van der Waals surface area contributed by atoms with Crippen molar-refractivity contribution in [3.63, 3.8) is 0 Å². The lowest BCUT2D eigenvalue weighted by Crippen LogP contribution is -2.44. The molecule has 7 heteroatoms. The van der Waals surface area contributed by atoms with Crippen molar-refractivity contribution in [2.24, 2.45) is 7.05 Å². The number of ether oxygens (including phenoxy) is 1. The minimum Gasteiger partial charge on any atom is -0.461 e. The number of amides is 1. The van der Waals surface area contributed by atoms with Crippen molar-refractivity contribution in [3.8, 4) is 10.6 Å². The van der Waals surface area contributed by atoms with Crippen LogP contribution in [0.2, 0.25) is 0 Å². The van der Waals surface area contributed by atoms with Gasteiger partial charge in [-0.2, -0.15) is 0 Å². The quantitative estimate of drug-likeness (QED) is 0.552. The van der Waals surface area contributed by atoms with Crippen molar-refractivity contribution in [2.75, 3.05) is 13.2 Å². The molecule has 2 aromatic heterocycles. The summed E-state index contributed by atoms with van der Waals surface area (Å²) in [6, 6.07) is 13.6. The first-order valence-electron chi connectivity index (χ1n) is 10.2. The number of carbonyl (C=O) groups is 2. The van der Waals surface area contributed by atoms with Gasteiger partial charge in [0.1, 0.15) is 10.7 Å². The predicted octanol–water partition coefficient (Wildman–Crippen LogP) is 4.39. The average molecular weight is 424 g/mol. The molecule has 156 valence electrons. The van der Waals surface area contributed by atoms with Crippen LogP contribution in [0.5, 0.6) is 0 Å². The zero-order valence-corrected chi connectivity index (χ0v) is 17.8. The third-order valence-electron chi connectivity index (χ3n) is 5.47. The average Bonchev–Trinajstić information content (AvgIpc) is 3.44. The Kier molecular flexibility index (Phi) is 6.28. The summed E-state index contributed by atoms with van der Waals surface area (Å²) in [6.45, 7) is 1.02. The monoisotopic (exact) mass is 423 g/mol. The fourth-order valence-corrected chi connectivity index (χ4v) is 4.64. The molecule has 0 radical (unpaired) electrons. The highest BCUT2D eigenvalue weighted by Crippen LogP contribution is 2.25. The van der Waals surface area contributed by atoms with Crippen molar-refractivity contribution in [1.82, 2.24) is 14.5 Å². The van der Waals surface area contributed by atoms with Gasteiger partial charge in [0.2, 0.25) is 0 Å². The second-order valence-electron chi connectivity index (χ2n) is 7.48. The Labute approximate surface area is 180 Å². The molecule has 1 aromatic carbocycles. The molecule has 6 nitrogen and oxygen atoms in total. The number of esters is 1. The molecule has 0 spiro atoms. The summed E-state index contributed by atoms with van der Waals surface area (Å²) in [6.07, 6.45) is 5.54. The highest BCUT2D eigenvalue weighted by Gasteiger charge is 2.28. The SMILES string of the molecule is Cn1cccc1C(=O)N1CCCCC1CCOC(=O)c1csc(-c2ccccc2)n1. The van der Waals surface area contributed by atoms with Gasteiger partial charge < -0.3 is 14.2 Å². The summed E-state index contributed by atoms with van der Waals surface area (Å²) in [5.41, 5.74) is 2.01. The van der Waals surface area contributed by atoms with E-state index >= 15 is 0 Å². The molecule has 0 saturated carbocycles. The molecule has 3 aromatic rings. The lowest BCUT2D eigenvalue weighted by atomic mass is 9.99. The number of carbonyl (C=O) groups excluding carboxylic acids is 2. The fraction of sp³-hybridized carbons (Fsp3) is 0.348. The summed E-state index contributed by atoms with van der Waals surface area (Å²) in [7, 11) is 1.88. The Morgan fingerprint density at radius 1 is 1.17 bits per heavy atom. The van der Waals surface area contributed by atoms with E-state index in [1.807, 2.05) is 65.2 Å². The number of benzene rings is 1. The third-order valence-corrected chi connectivity index (χ3v) is 6.36. The summed E-state index contributed by atoms with van der Waals surface area (Å²) in [4.78, 5) is 31.7. The van der Waals surface area contributed by atoms with Crippen LogP contribution in [0.3, 0.4) is 0 Å². The molecule has 4 rings (SSSR count). The van der Waals surface area contributed by atoms with E-state index in [1.165, 1.54) is 11.3 Å². The zero-order chi connectivity index (χ0) is 20.9. The van der Waals surface area contributed by atoms with Gasteiger partial charge in [0.25, 0.3) is 5.91 Å². The Hall–Kier alpha value is -2.93. The van der Waals surface area contributed by atoms with E-state index in [0.717, 1.165) is 36.4 Å². The van der Waals surface area contributed by atoms with E-state index in [2.05, 4.69) is 4.98 Å². The zero-order valence-electron chi connectivity index (χ0n) is 17.0.